The monoisotopic (exact) mass is 471 g/mol. The molecule has 8 heteroatoms. The molecule has 0 saturated carbocycles. The second-order valence-corrected chi connectivity index (χ2v) is 8.98. The van der Waals surface area contributed by atoms with Crippen LogP contribution in [0.25, 0.3) is 11.0 Å². The summed E-state index contributed by atoms with van der Waals surface area (Å²) in [7, 11) is 0. The Labute approximate surface area is 202 Å². The zero-order valence-electron chi connectivity index (χ0n) is 18.8. The predicted molar refractivity (Wildman–Crippen MR) is 136 cm³/mol. The van der Waals surface area contributed by atoms with Gasteiger partial charge in [0.05, 0.1) is 11.7 Å². The molecule has 34 heavy (non-hydrogen) atoms. The van der Waals surface area contributed by atoms with E-state index >= 15 is 0 Å². The number of anilines is 3. The number of nitrogens with one attached hydrogen (secondary N) is 2. The van der Waals surface area contributed by atoms with Crippen molar-refractivity contribution in [3.63, 3.8) is 0 Å². The lowest BCUT2D eigenvalue weighted by Crippen LogP contribution is -2.35. The minimum absolute atomic E-state index is 0.159. The van der Waals surface area contributed by atoms with Crippen LogP contribution in [0, 0.1) is 6.92 Å². The molecular weight excluding hydrogens is 446 g/mol. The second kappa shape index (κ2) is 9.61. The van der Waals surface area contributed by atoms with E-state index in [4.69, 9.17) is 0 Å². The van der Waals surface area contributed by atoms with Crippen molar-refractivity contribution in [2.24, 2.45) is 0 Å². The second-order valence-electron chi connectivity index (χ2n) is 8.45. The lowest BCUT2D eigenvalue weighted by Gasteiger charge is -2.28. The van der Waals surface area contributed by atoms with Crippen LogP contribution in [0.1, 0.15) is 36.4 Å². The number of fused-ring (bicyclic) bond motifs is 1. The number of nitrogens with zero attached hydrogens (tertiary/aromatic N) is 3. The van der Waals surface area contributed by atoms with E-state index in [9.17, 15) is 9.59 Å². The minimum atomic E-state index is -0.603. The molecule has 1 fully saturated rings. The molecular formula is C26H25N5O2S. The predicted octanol–water partition coefficient (Wildman–Crippen LogP) is 5.31. The van der Waals surface area contributed by atoms with Gasteiger partial charge in [0.1, 0.15) is 17.1 Å². The van der Waals surface area contributed by atoms with Gasteiger partial charge in [0.25, 0.3) is 5.91 Å². The van der Waals surface area contributed by atoms with Gasteiger partial charge in [0.15, 0.2) is 0 Å². The first kappa shape index (κ1) is 22.0. The zero-order chi connectivity index (χ0) is 23.5. The average Bonchev–Trinajstić information content (AvgIpc) is 3.32. The highest BCUT2D eigenvalue weighted by molar-refractivity contribution is 7.00. The van der Waals surface area contributed by atoms with Gasteiger partial charge < -0.3 is 15.5 Å². The van der Waals surface area contributed by atoms with E-state index < -0.39 is 6.04 Å². The molecule has 1 aromatic heterocycles. The van der Waals surface area contributed by atoms with Crippen molar-refractivity contribution >= 4 is 51.6 Å². The summed E-state index contributed by atoms with van der Waals surface area (Å²) >= 11 is 1.17. The van der Waals surface area contributed by atoms with Crippen LogP contribution >= 0.6 is 11.7 Å². The van der Waals surface area contributed by atoms with Crippen molar-refractivity contribution in [1.82, 2.24) is 8.75 Å². The van der Waals surface area contributed by atoms with Gasteiger partial charge in [-0.15, -0.1) is 0 Å². The van der Waals surface area contributed by atoms with E-state index in [1.807, 2.05) is 78.6 Å². The van der Waals surface area contributed by atoms with Crippen LogP contribution < -0.4 is 15.5 Å². The summed E-state index contributed by atoms with van der Waals surface area (Å²) in [5, 5.41) is 6.40. The number of carbonyl (C=O) groups is 2. The molecule has 7 nitrogen and oxygen atoms in total. The number of rotatable bonds is 6. The van der Waals surface area contributed by atoms with Gasteiger partial charge in [-0.3, -0.25) is 9.59 Å². The van der Waals surface area contributed by atoms with Crippen molar-refractivity contribution in [1.29, 1.82) is 0 Å². The van der Waals surface area contributed by atoms with Gasteiger partial charge in [-0.25, -0.2) is 0 Å². The molecule has 0 radical (unpaired) electrons. The maximum atomic E-state index is 13.4. The average molecular weight is 472 g/mol. The highest BCUT2D eigenvalue weighted by Gasteiger charge is 2.23. The maximum Gasteiger partial charge on any atom is 0.251 e. The summed E-state index contributed by atoms with van der Waals surface area (Å²) in [4.78, 5) is 27.6. The molecule has 1 unspecified atom stereocenters. The first-order chi connectivity index (χ1) is 16.6. The SMILES string of the molecule is Cc1cc(NC(=O)C(Nc2ccc3nsnc3c2)c2ccccc2)ccc1N1CCCCC1=O. The minimum Gasteiger partial charge on any atom is -0.370 e. The van der Waals surface area contributed by atoms with E-state index in [1.54, 1.807) is 0 Å². The summed E-state index contributed by atoms with van der Waals surface area (Å²) < 4.78 is 8.54. The van der Waals surface area contributed by atoms with Gasteiger partial charge in [-0.2, -0.15) is 8.75 Å². The molecule has 1 aliphatic heterocycles. The Morgan fingerprint density at radius 2 is 1.76 bits per heavy atom. The van der Waals surface area contributed by atoms with Gasteiger partial charge in [-0.1, -0.05) is 30.3 Å². The van der Waals surface area contributed by atoms with Crippen molar-refractivity contribution in [3.8, 4) is 0 Å². The fourth-order valence-electron chi connectivity index (χ4n) is 4.30. The Morgan fingerprint density at radius 1 is 0.971 bits per heavy atom. The van der Waals surface area contributed by atoms with Crippen LogP contribution in [0.5, 0.6) is 0 Å². The van der Waals surface area contributed by atoms with Gasteiger partial charge >= 0.3 is 0 Å². The number of hydrogen-bond acceptors (Lipinski definition) is 6. The molecule has 2 amide bonds. The Morgan fingerprint density at radius 3 is 2.56 bits per heavy atom. The van der Waals surface area contributed by atoms with Crippen molar-refractivity contribution < 1.29 is 9.59 Å². The number of benzene rings is 3. The lowest BCUT2D eigenvalue weighted by molar-refractivity contribution is -0.119. The maximum absolute atomic E-state index is 13.4. The van der Waals surface area contributed by atoms with Crippen LogP contribution in [0.3, 0.4) is 0 Å². The molecule has 1 saturated heterocycles. The molecule has 1 atom stereocenters. The number of aromatic nitrogens is 2. The molecule has 2 heterocycles. The Hall–Kier alpha value is -3.78. The summed E-state index contributed by atoms with van der Waals surface area (Å²) in [5.74, 6) is -0.0179. The normalized spacial score (nSPS) is 14.7. The van der Waals surface area contributed by atoms with Crippen LogP contribution in [0.4, 0.5) is 17.1 Å². The molecule has 172 valence electrons. The van der Waals surface area contributed by atoms with E-state index in [0.717, 1.165) is 52.9 Å². The molecule has 0 aliphatic carbocycles. The highest BCUT2D eigenvalue weighted by atomic mass is 32.1. The molecule has 0 bridgehead atoms. The largest absolute Gasteiger partial charge is 0.370 e. The van der Waals surface area contributed by atoms with Crippen LogP contribution in [-0.4, -0.2) is 27.1 Å². The number of piperidine rings is 1. The van der Waals surface area contributed by atoms with Crippen LogP contribution in [-0.2, 0) is 9.59 Å². The summed E-state index contributed by atoms with van der Waals surface area (Å²) in [6, 6.07) is 20.4. The fourth-order valence-corrected chi connectivity index (χ4v) is 4.81. The third-order valence-electron chi connectivity index (χ3n) is 6.04. The molecule has 1 aliphatic rings. The Bertz CT molecular complexity index is 1340. The molecule has 2 N–H and O–H groups in total. The molecule has 0 spiro atoms. The van der Waals surface area contributed by atoms with Gasteiger partial charge in [0.2, 0.25) is 5.91 Å². The number of amides is 2. The van der Waals surface area contributed by atoms with Crippen LogP contribution in [0.15, 0.2) is 66.7 Å². The third kappa shape index (κ3) is 4.63. The topological polar surface area (TPSA) is 87.2 Å². The number of hydrogen-bond donors (Lipinski definition) is 2. The van der Waals surface area contributed by atoms with Gasteiger partial charge in [0, 0.05) is 30.0 Å². The zero-order valence-corrected chi connectivity index (χ0v) is 19.6. The van der Waals surface area contributed by atoms with Crippen molar-refractivity contribution in [3.05, 3.63) is 77.9 Å². The van der Waals surface area contributed by atoms with Crippen LogP contribution in [0.2, 0.25) is 0 Å². The molecule has 3 aromatic carbocycles. The van der Waals surface area contributed by atoms with E-state index in [0.29, 0.717) is 12.1 Å². The Balaban J connectivity index is 1.38. The van der Waals surface area contributed by atoms with Crippen molar-refractivity contribution in [2.45, 2.75) is 32.2 Å². The van der Waals surface area contributed by atoms with Gasteiger partial charge in [-0.05, 0) is 67.3 Å². The molecule has 5 rings (SSSR count). The first-order valence-electron chi connectivity index (χ1n) is 11.3. The summed E-state index contributed by atoms with van der Waals surface area (Å²) in [6.07, 6.45) is 2.55. The lowest BCUT2D eigenvalue weighted by atomic mass is 10.0. The first-order valence-corrected chi connectivity index (χ1v) is 12.1. The standard InChI is InChI=1S/C26H25N5O2S/c1-17-15-19(11-13-23(17)31-14-6-5-9-24(31)32)28-26(33)25(18-7-3-2-4-8-18)27-20-10-12-21-22(16-20)30-34-29-21/h2-4,7-8,10-13,15-16,25,27H,5-6,9,14H2,1H3,(H,28,33). The summed E-state index contributed by atoms with van der Waals surface area (Å²) in [6.45, 7) is 2.71. The summed E-state index contributed by atoms with van der Waals surface area (Å²) in [5.41, 5.74) is 5.82. The number of aryl methyl sites for hydroxylation is 1. The van der Waals surface area contributed by atoms with E-state index in [1.165, 1.54) is 11.7 Å². The highest BCUT2D eigenvalue weighted by Crippen LogP contribution is 2.29. The molecule has 4 aromatic rings. The van der Waals surface area contributed by atoms with E-state index in [2.05, 4.69) is 19.4 Å². The quantitative estimate of drug-likeness (QED) is 0.398. The Kier molecular flexibility index (Phi) is 6.22. The smallest absolute Gasteiger partial charge is 0.251 e. The fraction of sp³-hybridized carbons (Fsp3) is 0.231. The van der Waals surface area contributed by atoms with Crippen molar-refractivity contribution in [2.75, 3.05) is 22.1 Å². The third-order valence-corrected chi connectivity index (χ3v) is 6.60. The number of carbonyl (C=O) groups excluding carboxylic acids is 2. The van der Waals surface area contributed by atoms with E-state index in [-0.39, 0.29) is 11.8 Å².